The lowest BCUT2D eigenvalue weighted by molar-refractivity contribution is 0.0667. The van der Waals surface area contributed by atoms with Crippen molar-refractivity contribution < 1.29 is 4.79 Å². The van der Waals surface area contributed by atoms with Gasteiger partial charge in [0.15, 0.2) is 0 Å². The van der Waals surface area contributed by atoms with Crippen LogP contribution >= 0.6 is 0 Å². The summed E-state index contributed by atoms with van der Waals surface area (Å²) in [6, 6.07) is 9.99. The number of pyridine rings is 1. The zero-order valence-electron chi connectivity index (χ0n) is 13.5. The normalized spacial score (nSPS) is 17.4. The quantitative estimate of drug-likeness (QED) is 0.847. The van der Waals surface area contributed by atoms with Crippen LogP contribution in [0, 0.1) is 5.92 Å². The molecule has 0 spiro atoms. The van der Waals surface area contributed by atoms with Crippen molar-refractivity contribution in [2.75, 3.05) is 7.05 Å². The minimum absolute atomic E-state index is 0.108. The Labute approximate surface area is 132 Å². The molecule has 0 saturated heterocycles. The lowest BCUT2D eigenvalue weighted by atomic mass is 9.84. The largest absolute Gasteiger partial charge is 0.339 e. The van der Waals surface area contributed by atoms with Crippen LogP contribution < -0.4 is 0 Å². The Morgan fingerprint density at radius 1 is 1.18 bits per heavy atom. The summed E-state index contributed by atoms with van der Waals surface area (Å²) in [5, 5.41) is 0.942. The van der Waals surface area contributed by atoms with Crippen molar-refractivity contribution in [3.63, 3.8) is 0 Å². The van der Waals surface area contributed by atoms with Gasteiger partial charge in [0.2, 0.25) is 0 Å². The van der Waals surface area contributed by atoms with E-state index in [9.17, 15) is 4.79 Å². The second kappa shape index (κ2) is 6.47. The number of para-hydroxylation sites is 1. The minimum Gasteiger partial charge on any atom is -0.339 e. The Morgan fingerprint density at radius 3 is 2.68 bits per heavy atom. The maximum absolute atomic E-state index is 12.9. The summed E-state index contributed by atoms with van der Waals surface area (Å²) in [5.41, 5.74) is 1.64. The number of nitrogens with zero attached hydrogens (tertiary/aromatic N) is 2. The van der Waals surface area contributed by atoms with Crippen LogP contribution in [0.15, 0.2) is 36.5 Å². The molecule has 1 aromatic carbocycles. The monoisotopic (exact) mass is 296 g/mol. The first-order valence-electron chi connectivity index (χ1n) is 8.29. The van der Waals surface area contributed by atoms with Gasteiger partial charge >= 0.3 is 0 Å². The predicted octanol–water partition coefficient (Wildman–Crippen LogP) is 4.28. The van der Waals surface area contributed by atoms with Gasteiger partial charge in [0, 0.05) is 24.7 Å². The van der Waals surface area contributed by atoms with Gasteiger partial charge in [-0.25, -0.2) is 0 Å². The minimum atomic E-state index is 0.108. The van der Waals surface area contributed by atoms with E-state index in [1.165, 1.54) is 32.1 Å². The van der Waals surface area contributed by atoms with Crippen LogP contribution in [0.1, 0.15) is 49.4 Å². The zero-order valence-corrected chi connectivity index (χ0v) is 13.5. The first kappa shape index (κ1) is 15.0. The number of hydrogen-bond donors (Lipinski definition) is 0. The molecule has 1 aliphatic carbocycles. The summed E-state index contributed by atoms with van der Waals surface area (Å²) in [7, 11) is 1.94. The number of carbonyl (C=O) groups is 1. The third kappa shape index (κ3) is 2.85. The molecule has 1 amide bonds. The summed E-state index contributed by atoms with van der Waals surface area (Å²) in [6.45, 7) is 2.19. The average molecular weight is 296 g/mol. The van der Waals surface area contributed by atoms with E-state index in [0.717, 1.165) is 16.5 Å². The summed E-state index contributed by atoms with van der Waals surface area (Å²) >= 11 is 0. The van der Waals surface area contributed by atoms with Gasteiger partial charge in [-0.05, 0) is 37.8 Å². The molecule has 3 rings (SSSR count). The van der Waals surface area contributed by atoms with Crippen LogP contribution in [-0.2, 0) is 0 Å². The maximum atomic E-state index is 12.9. The molecule has 3 nitrogen and oxygen atoms in total. The fraction of sp³-hybridized carbons (Fsp3) is 0.474. The van der Waals surface area contributed by atoms with Gasteiger partial charge in [0.1, 0.15) is 0 Å². The molecule has 0 aliphatic heterocycles. The zero-order chi connectivity index (χ0) is 15.5. The molecule has 1 aromatic heterocycles. The number of carbonyl (C=O) groups excluding carboxylic acids is 1. The van der Waals surface area contributed by atoms with Crippen molar-refractivity contribution in [3.8, 4) is 0 Å². The highest BCUT2D eigenvalue weighted by molar-refractivity contribution is 6.05. The van der Waals surface area contributed by atoms with E-state index in [2.05, 4.69) is 11.9 Å². The second-order valence-corrected chi connectivity index (χ2v) is 6.43. The number of hydrogen-bond acceptors (Lipinski definition) is 2. The van der Waals surface area contributed by atoms with Crippen molar-refractivity contribution in [3.05, 3.63) is 42.1 Å². The Balaban J connectivity index is 1.85. The predicted molar refractivity (Wildman–Crippen MR) is 89.9 cm³/mol. The molecular formula is C19H24N2O. The van der Waals surface area contributed by atoms with Gasteiger partial charge in [-0.15, -0.1) is 0 Å². The molecule has 1 saturated carbocycles. The second-order valence-electron chi connectivity index (χ2n) is 6.43. The molecule has 1 unspecified atom stereocenters. The molecule has 2 aromatic rings. The SMILES string of the molecule is CC(C1CCCCC1)N(C)C(=O)c1ccnc2ccccc12. The molecule has 116 valence electrons. The van der Waals surface area contributed by atoms with Crippen LogP contribution in [0.3, 0.4) is 0 Å². The lowest BCUT2D eigenvalue weighted by Gasteiger charge is -2.34. The van der Waals surface area contributed by atoms with E-state index in [4.69, 9.17) is 0 Å². The fourth-order valence-corrected chi connectivity index (χ4v) is 3.59. The van der Waals surface area contributed by atoms with Gasteiger partial charge in [-0.1, -0.05) is 37.5 Å². The lowest BCUT2D eigenvalue weighted by Crippen LogP contribution is -2.40. The van der Waals surface area contributed by atoms with Gasteiger partial charge < -0.3 is 4.90 Å². The first-order valence-corrected chi connectivity index (χ1v) is 8.29. The number of benzene rings is 1. The summed E-state index contributed by atoms with van der Waals surface area (Å²) in [5.74, 6) is 0.743. The molecule has 1 aliphatic rings. The van der Waals surface area contributed by atoms with E-state index in [1.54, 1.807) is 6.20 Å². The number of rotatable bonds is 3. The number of fused-ring (bicyclic) bond motifs is 1. The maximum Gasteiger partial charge on any atom is 0.254 e. The van der Waals surface area contributed by atoms with E-state index < -0.39 is 0 Å². The molecule has 0 radical (unpaired) electrons. The van der Waals surface area contributed by atoms with Gasteiger partial charge in [0.25, 0.3) is 5.91 Å². The standard InChI is InChI=1S/C19H24N2O/c1-14(15-8-4-3-5-9-15)21(2)19(22)17-12-13-20-18-11-7-6-10-16(17)18/h6-7,10-15H,3-5,8-9H2,1-2H3. The molecule has 1 heterocycles. The van der Waals surface area contributed by atoms with Crippen LogP contribution in [0.2, 0.25) is 0 Å². The van der Waals surface area contributed by atoms with Crippen molar-refractivity contribution >= 4 is 16.8 Å². The molecule has 0 N–H and O–H groups in total. The van der Waals surface area contributed by atoms with Crippen LogP contribution in [0.25, 0.3) is 10.9 Å². The van der Waals surface area contributed by atoms with Crippen molar-refractivity contribution in [1.82, 2.24) is 9.88 Å². The number of aromatic nitrogens is 1. The van der Waals surface area contributed by atoms with E-state index in [-0.39, 0.29) is 5.91 Å². The van der Waals surface area contributed by atoms with E-state index in [1.807, 2.05) is 42.3 Å². The Kier molecular flexibility index (Phi) is 4.41. The van der Waals surface area contributed by atoms with Gasteiger partial charge in [-0.3, -0.25) is 9.78 Å². The molecular weight excluding hydrogens is 272 g/mol. The highest BCUT2D eigenvalue weighted by Gasteiger charge is 2.27. The van der Waals surface area contributed by atoms with Crippen LogP contribution in [0.5, 0.6) is 0 Å². The van der Waals surface area contributed by atoms with Crippen molar-refractivity contribution in [1.29, 1.82) is 0 Å². The first-order chi connectivity index (χ1) is 10.7. The Bertz CT molecular complexity index is 656. The Hall–Kier alpha value is -1.90. The molecule has 0 bridgehead atoms. The van der Waals surface area contributed by atoms with Crippen molar-refractivity contribution in [2.24, 2.45) is 5.92 Å². The topological polar surface area (TPSA) is 33.2 Å². The highest BCUT2D eigenvalue weighted by atomic mass is 16.2. The fourth-order valence-electron chi connectivity index (χ4n) is 3.59. The highest BCUT2D eigenvalue weighted by Crippen LogP contribution is 2.29. The molecule has 3 heteroatoms. The molecule has 1 atom stereocenters. The van der Waals surface area contributed by atoms with Crippen LogP contribution in [0.4, 0.5) is 0 Å². The number of amides is 1. The summed E-state index contributed by atoms with van der Waals surface area (Å²) < 4.78 is 0. The van der Waals surface area contributed by atoms with Gasteiger partial charge in [0.05, 0.1) is 11.1 Å². The molecule has 1 fully saturated rings. The average Bonchev–Trinajstić information content (AvgIpc) is 2.60. The smallest absolute Gasteiger partial charge is 0.254 e. The van der Waals surface area contributed by atoms with Crippen molar-refractivity contribution in [2.45, 2.75) is 45.1 Å². The summed E-state index contributed by atoms with van der Waals surface area (Å²) in [4.78, 5) is 19.2. The molecule has 22 heavy (non-hydrogen) atoms. The van der Waals surface area contributed by atoms with Crippen LogP contribution in [-0.4, -0.2) is 28.9 Å². The summed E-state index contributed by atoms with van der Waals surface area (Å²) in [6.07, 6.45) is 8.17. The van der Waals surface area contributed by atoms with E-state index in [0.29, 0.717) is 12.0 Å². The Morgan fingerprint density at radius 2 is 1.91 bits per heavy atom. The third-order valence-corrected chi connectivity index (χ3v) is 5.14. The third-order valence-electron chi connectivity index (χ3n) is 5.14. The van der Waals surface area contributed by atoms with Gasteiger partial charge in [-0.2, -0.15) is 0 Å². The van der Waals surface area contributed by atoms with E-state index >= 15 is 0 Å².